The second-order valence-electron chi connectivity index (χ2n) is 6.01. The van der Waals surface area contributed by atoms with E-state index in [0.29, 0.717) is 5.41 Å². The van der Waals surface area contributed by atoms with E-state index in [0.717, 1.165) is 0 Å². The average molecular weight is 225 g/mol. The maximum atomic E-state index is 3.62. The standard InChI is InChI=1S/C16H19N/c1-2-6-14-12(5-1)13-11-16(8-3-4-9-16)10-7-15(13)17-14/h1-2,5-6,17H,3-4,7-11H2. The predicted octanol–water partition coefficient (Wildman–Crippen LogP) is 4.22. The molecule has 1 aromatic heterocycles. The second kappa shape index (κ2) is 3.38. The minimum Gasteiger partial charge on any atom is -0.358 e. The first-order chi connectivity index (χ1) is 8.36. The lowest BCUT2D eigenvalue weighted by Crippen LogP contribution is -2.25. The van der Waals surface area contributed by atoms with Crippen molar-refractivity contribution >= 4 is 10.9 Å². The maximum absolute atomic E-state index is 3.62. The molecule has 2 aliphatic rings. The first-order valence-corrected chi connectivity index (χ1v) is 6.95. The van der Waals surface area contributed by atoms with Crippen LogP contribution >= 0.6 is 0 Å². The van der Waals surface area contributed by atoms with Crippen LogP contribution in [0, 0.1) is 5.41 Å². The van der Waals surface area contributed by atoms with Gasteiger partial charge in [0.25, 0.3) is 0 Å². The van der Waals surface area contributed by atoms with Crippen molar-refractivity contribution in [3.8, 4) is 0 Å². The van der Waals surface area contributed by atoms with E-state index < -0.39 is 0 Å². The van der Waals surface area contributed by atoms with Gasteiger partial charge in [-0.3, -0.25) is 0 Å². The first-order valence-electron chi connectivity index (χ1n) is 6.95. The van der Waals surface area contributed by atoms with E-state index in [-0.39, 0.29) is 0 Å². The SMILES string of the molecule is c1ccc2c3c([nH]c2c1)CCC1(CCCC1)C3. The molecule has 17 heavy (non-hydrogen) atoms. The molecular formula is C16H19N. The normalized spacial score (nSPS) is 22.1. The number of para-hydroxylation sites is 1. The van der Waals surface area contributed by atoms with Crippen LogP contribution in [0.5, 0.6) is 0 Å². The predicted molar refractivity (Wildman–Crippen MR) is 71.2 cm³/mol. The van der Waals surface area contributed by atoms with Gasteiger partial charge in [0.1, 0.15) is 0 Å². The number of rotatable bonds is 0. The van der Waals surface area contributed by atoms with Crippen molar-refractivity contribution < 1.29 is 0 Å². The summed E-state index contributed by atoms with van der Waals surface area (Å²) in [5.41, 5.74) is 5.16. The Labute approximate surface area is 102 Å². The van der Waals surface area contributed by atoms with Gasteiger partial charge in [0.05, 0.1) is 0 Å². The summed E-state index contributed by atoms with van der Waals surface area (Å²) in [6, 6.07) is 8.82. The minimum atomic E-state index is 0.665. The molecule has 0 aliphatic heterocycles. The summed E-state index contributed by atoms with van der Waals surface area (Å²) >= 11 is 0. The van der Waals surface area contributed by atoms with Gasteiger partial charge in [0.15, 0.2) is 0 Å². The Morgan fingerprint density at radius 1 is 1.00 bits per heavy atom. The highest BCUT2D eigenvalue weighted by atomic mass is 14.7. The van der Waals surface area contributed by atoms with Crippen molar-refractivity contribution in [3.63, 3.8) is 0 Å². The fourth-order valence-corrected chi connectivity index (χ4v) is 4.08. The fraction of sp³-hybridized carbons (Fsp3) is 0.500. The smallest absolute Gasteiger partial charge is 0.0458 e. The average Bonchev–Trinajstić information content (AvgIpc) is 2.95. The Kier molecular flexibility index (Phi) is 1.94. The molecule has 1 aromatic carbocycles. The van der Waals surface area contributed by atoms with Gasteiger partial charge in [-0.05, 0) is 49.1 Å². The lowest BCUT2D eigenvalue weighted by molar-refractivity contribution is 0.255. The number of aryl methyl sites for hydroxylation is 1. The molecule has 1 N–H and O–H groups in total. The zero-order valence-electron chi connectivity index (χ0n) is 10.3. The Morgan fingerprint density at radius 2 is 1.82 bits per heavy atom. The topological polar surface area (TPSA) is 15.8 Å². The molecule has 1 nitrogen and oxygen atoms in total. The molecule has 2 aromatic rings. The lowest BCUT2D eigenvalue weighted by atomic mass is 9.72. The third kappa shape index (κ3) is 1.38. The largest absolute Gasteiger partial charge is 0.358 e. The van der Waals surface area contributed by atoms with Crippen LogP contribution in [0.1, 0.15) is 43.4 Å². The molecule has 1 saturated carbocycles. The number of hydrogen-bond donors (Lipinski definition) is 1. The van der Waals surface area contributed by atoms with Gasteiger partial charge in [-0.25, -0.2) is 0 Å². The summed E-state index contributed by atoms with van der Waals surface area (Å²) in [6.45, 7) is 0. The van der Waals surface area contributed by atoms with Gasteiger partial charge in [0, 0.05) is 16.6 Å². The molecular weight excluding hydrogens is 206 g/mol. The number of hydrogen-bond acceptors (Lipinski definition) is 0. The van der Waals surface area contributed by atoms with Crippen molar-refractivity contribution in [1.29, 1.82) is 0 Å². The van der Waals surface area contributed by atoms with E-state index in [1.165, 1.54) is 61.5 Å². The Balaban J connectivity index is 1.85. The number of benzene rings is 1. The Hall–Kier alpha value is -1.24. The molecule has 1 heteroatoms. The molecule has 4 rings (SSSR count). The number of aromatic nitrogens is 1. The summed E-state index contributed by atoms with van der Waals surface area (Å²) in [4.78, 5) is 3.62. The summed E-state index contributed by atoms with van der Waals surface area (Å²) < 4.78 is 0. The van der Waals surface area contributed by atoms with E-state index in [1.54, 1.807) is 5.56 Å². The van der Waals surface area contributed by atoms with E-state index in [1.807, 2.05) is 0 Å². The molecule has 0 bridgehead atoms. The van der Waals surface area contributed by atoms with E-state index in [2.05, 4.69) is 29.2 Å². The third-order valence-corrected chi connectivity index (χ3v) is 5.02. The van der Waals surface area contributed by atoms with Crippen LogP contribution in [-0.4, -0.2) is 4.98 Å². The van der Waals surface area contributed by atoms with Crippen LogP contribution in [0.15, 0.2) is 24.3 Å². The zero-order valence-corrected chi connectivity index (χ0v) is 10.3. The number of nitrogens with one attached hydrogen (secondary N) is 1. The molecule has 0 radical (unpaired) electrons. The van der Waals surface area contributed by atoms with Crippen LogP contribution < -0.4 is 0 Å². The molecule has 2 aliphatic carbocycles. The summed E-state index contributed by atoms with van der Waals surface area (Å²) in [5, 5.41) is 1.48. The monoisotopic (exact) mass is 225 g/mol. The quantitative estimate of drug-likeness (QED) is 0.691. The summed E-state index contributed by atoms with van der Waals surface area (Å²) in [6.07, 6.45) is 9.84. The second-order valence-corrected chi connectivity index (χ2v) is 6.01. The van der Waals surface area contributed by atoms with Gasteiger partial charge in [-0.1, -0.05) is 31.0 Å². The van der Waals surface area contributed by atoms with Gasteiger partial charge in [0.2, 0.25) is 0 Å². The third-order valence-electron chi connectivity index (χ3n) is 5.02. The van der Waals surface area contributed by atoms with Crippen molar-refractivity contribution in [3.05, 3.63) is 35.5 Å². The number of aromatic amines is 1. The zero-order chi connectivity index (χ0) is 11.3. The molecule has 1 heterocycles. The molecule has 1 fully saturated rings. The maximum Gasteiger partial charge on any atom is 0.0458 e. The van der Waals surface area contributed by atoms with E-state index in [9.17, 15) is 0 Å². The molecule has 0 unspecified atom stereocenters. The van der Waals surface area contributed by atoms with Crippen molar-refractivity contribution in [2.45, 2.75) is 44.9 Å². The van der Waals surface area contributed by atoms with Crippen LogP contribution in [-0.2, 0) is 12.8 Å². The molecule has 0 atom stereocenters. The molecule has 88 valence electrons. The number of fused-ring (bicyclic) bond motifs is 3. The number of H-pyrrole nitrogens is 1. The highest BCUT2D eigenvalue weighted by Crippen LogP contribution is 2.48. The van der Waals surface area contributed by atoms with Gasteiger partial charge >= 0.3 is 0 Å². The van der Waals surface area contributed by atoms with E-state index >= 15 is 0 Å². The van der Waals surface area contributed by atoms with E-state index in [4.69, 9.17) is 0 Å². The molecule has 0 amide bonds. The van der Waals surface area contributed by atoms with Gasteiger partial charge in [-0.2, -0.15) is 0 Å². The van der Waals surface area contributed by atoms with Gasteiger partial charge in [-0.15, -0.1) is 0 Å². The highest BCUT2D eigenvalue weighted by Gasteiger charge is 2.38. The van der Waals surface area contributed by atoms with Gasteiger partial charge < -0.3 is 4.98 Å². The molecule has 0 saturated heterocycles. The van der Waals surface area contributed by atoms with Crippen molar-refractivity contribution in [2.75, 3.05) is 0 Å². The van der Waals surface area contributed by atoms with Crippen LogP contribution in [0.25, 0.3) is 10.9 Å². The van der Waals surface area contributed by atoms with Crippen molar-refractivity contribution in [1.82, 2.24) is 4.98 Å². The van der Waals surface area contributed by atoms with Crippen LogP contribution in [0.2, 0.25) is 0 Å². The summed E-state index contributed by atoms with van der Waals surface area (Å²) in [5.74, 6) is 0. The first kappa shape index (κ1) is 9.76. The van der Waals surface area contributed by atoms with Crippen molar-refractivity contribution in [2.24, 2.45) is 5.41 Å². The Bertz CT molecular complexity index is 558. The minimum absolute atomic E-state index is 0.665. The lowest BCUT2D eigenvalue weighted by Gasteiger charge is -2.33. The highest BCUT2D eigenvalue weighted by molar-refractivity contribution is 5.85. The van der Waals surface area contributed by atoms with Crippen LogP contribution in [0.4, 0.5) is 0 Å². The summed E-state index contributed by atoms with van der Waals surface area (Å²) in [7, 11) is 0. The van der Waals surface area contributed by atoms with Crippen LogP contribution in [0.3, 0.4) is 0 Å². The fourth-order valence-electron chi connectivity index (χ4n) is 4.08. The Morgan fingerprint density at radius 3 is 2.71 bits per heavy atom. The molecule has 1 spiro atoms.